The number of hydrogen-bond acceptors (Lipinski definition) is 7. The van der Waals surface area contributed by atoms with E-state index in [1.807, 2.05) is 28.2 Å². The SMILES string of the molecule is COc1ccc(CN2Cn3ncnc3-c3cc(CNCC4(C)COC4)sc32)cc1. The Hall–Kier alpha value is -2.42. The highest BCUT2D eigenvalue weighted by molar-refractivity contribution is 7.16. The van der Waals surface area contributed by atoms with Gasteiger partial charge in [-0.2, -0.15) is 5.10 Å². The molecule has 0 aliphatic carbocycles. The number of anilines is 1. The van der Waals surface area contributed by atoms with E-state index < -0.39 is 0 Å². The third kappa shape index (κ3) is 3.63. The van der Waals surface area contributed by atoms with E-state index in [0.29, 0.717) is 6.67 Å². The summed E-state index contributed by atoms with van der Waals surface area (Å²) in [6, 6.07) is 10.5. The Morgan fingerprint density at radius 3 is 2.83 bits per heavy atom. The van der Waals surface area contributed by atoms with Gasteiger partial charge in [0.2, 0.25) is 0 Å². The van der Waals surface area contributed by atoms with E-state index in [2.05, 4.69) is 45.4 Å². The van der Waals surface area contributed by atoms with Gasteiger partial charge in [0, 0.05) is 29.9 Å². The lowest BCUT2D eigenvalue weighted by Crippen LogP contribution is -2.47. The van der Waals surface area contributed by atoms with Crippen LogP contribution in [0.25, 0.3) is 11.4 Å². The van der Waals surface area contributed by atoms with Crippen LogP contribution in [0.4, 0.5) is 5.00 Å². The van der Waals surface area contributed by atoms with Crippen molar-refractivity contribution in [2.75, 3.05) is 31.8 Å². The molecule has 2 aliphatic rings. The molecule has 8 heteroatoms. The maximum absolute atomic E-state index is 5.35. The van der Waals surface area contributed by atoms with Crippen LogP contribution in [0, 0.1) is 5.41 Å². The van der Waals surface area contributed by atoms with Gasteiger partial charge in [-0.15, -0.1) is 11.3 Å². The maximum atomic E-state index is 5.35. The van der Waals surface area contributed by atoms with Gasteiger partial charge in [0.1, 0.15) is 23.7 Å². The van der Waals surface area contributed by atoms with Crippen LogP contribution in [0.5, 0.6) is 5.75 Å². The van der Waals surface area contributed by atoms with E-state index in [1.165, 1.54) is 21.0 Å². The predicted octanol–water partition coefficient (Wildman–Crippen LogP) is 3.12. The first-order chi connectivity index (χ1) is 14.1. The smallest absolute Gasteiger partial charge is 0.162 e. The van der Waals surface area contributed by atoms with Gasteiger partial charge < -0.3 is 19.7 Å². The van der Waals surface area contributed by atoms with Crippen LogP contribution in [-0.2, 0) is 24.5 Å². The van der Waals surface area contributed by atoms with E-state index in [4.69, 9.17) is 9.47 Å². The van der Waals surface area contributed by atoms with Gasteiger partial charge in [0.05, 0.1) is 25.9 Å². The Labute approximate surface area is 174 Å². The van der Waals surface area contributed by atoms with Crippen molar-refractivity contribution in [1.82, 2.24) is 20.1 Å². The molecule has 152 valence electrons. The molecule has 3 aromatic rings. The van der Waals surface area contributed by atoms with Gasteiger partial charge in [-0.3, -0.25) is 0 Å². The molecule has 5 rings (SSSR count). The van der Waals surface area contributed by atoms with Crippen molar-refractivity contribution in [2.45, 2.75) is 26.7 Å². The molecule has 0 spiro atoms. The highest BCUT2D eigenvalue weighted by atomic mass is 32.1. The molecule has 0 atom stereocenters. The van der Waals surface area contributed by atoms with E-state index in [-0.39, 0.29) is 5.41 Å². The summed E-state index contributed by atoms with van der Waals surface area (Å²) in [5, 5.41) is 9.28. The van der Waals surface area contributed by atoms with E-state index in [9.17, 15) is 0 Å². The maximum Gasteiger partial charge on any atom is 0.162 e. The minimum absolute atomic E-state index is 0.275. The molecular weight excluding hydrogens is 386 g/mol. The third-order valence-corrected chi connectivity index (χ3v) is 6.69. The van der Waals surface area contributed by atoms with Crippen LogP contribution >= 0.6 is 11.3 Å². The number of thiophene rings is 1. The molecule has 1 fully saturated rings. The summed E-state index contributed by atoms with van der Waals surface area (Å²) in [7, 11) is 1.69. The number of ether oxygens (including phenoxy) is 2. The minimum atomic E-state index is 0.275. The van der Waals surface area contributed by atoms with Crippen molar-refractivity contribution in [2.24, 2.45) is 5.41 Å². The number of aromatic nitrogens is 3. The van der Waals surface area contributed by atoms with Crippen LogP contribution < -0.4 is 15.0 Å². The Kier molecular flexibility index (Phi) is 4.77. The van der Waals surface area contributed by atoms with Gasteiger partial charge in [-0.1, -0.05) is 19.1 Å². The molecule has 29 heavy (non-hydrogen) atoms. The summed E-state index contributed by atoms with van der Waals surface area (Å²) in [5.41, 5.74) is 2.69. The Bertz CT molecular complexity index is 993. The number of nitrogens with one attached hydrogen (secondary N) is 1. The normalized spacial score (nSPS) is 16.8. The monoisotopic (exact) mass is 411 g/mol. The van der Waals surface area contributed by atoms with Crippen molar-refractivity contribution in [3.05, 3.63) is 47.1 Å². The highest BCUT2D eigenvalue weighted by Crippen LogP contribution is 2.42. The largest absolute Gasteiger partial charge is 0.497 e. The van der Waals surface area contributed by atoms with Crippen LogP contribution in [0.15, 0.2) is 36.7 Å². The fourth-order valence-electron chi connectivity index (χ4n) is 3.83. The predicted molar refractivity (Wildman–Crippen MR) is 113 cm³/mol. The van der Waals surface area contributed by atoms with Crippen molar-refractivity contribution < 1.29 is 9.47 Å². The average Bonchev–Trinajstić information content (AvgIpc) is 3.34. The fourth-order valence-corrected chi connectivity index (χ4v) is 4.94. The van der Waals surface area contributed by atoms with Crippen molar-refractivity contribution in [3.63, 3.8) is 0 Å². The van der Waals surface area contributed by atoms with Crippen molar-refractivity contribution in [3.8, 4) is 17.1 Å². The number of fused-ring (bicyclic) bond motifs is 3. The van der Waals surface area contributed by atoms with Crippen molar-refractivity contribution >= 4 is 16.3 Å². The molecule has 4 heterocycles. The summed E-state index contributed by atoms with van der Waals surface area (Å²) in [4.78, 5) is 8.18. The molecule has 1 N–H and O–H groups in total. The lowest BCUT2D eigenvalue weighted by Gasteiger charge is -2.38. The van der Waals surface area contributed by atoms with Crippen LogP contribution in [-0.4, -0.2) is 41.6 Å². The van der Waals surface area contributed by atoms with Gasteiger partial charge in [-0.05, 0) is 23.8 Å². The van der Waals surface area contributed by atoms with Gasteiger partial charge in [-0.25, -0.2) is 9.67 Å². The van der Waals surface area contributed by atoms with E-state index in [1.54, 1.807) is 13.4 Å². The average molecular weight is 412 g/mol. The standard InChI is InChI=1S/C21H25N5O2S/c1-21(11-28-12-21)10-22-8-17-7-18-19-23-13-24-26(19)14-25(20(18)29-17)9-15-3-5-16(27-2)6-4-15/h3-7,13,22H,8-12,14H2,1-2H3. The second kappa shape index (κ2) is 7.44. The summed E-state index contributed by atoms with van der Waals surface area (Å²) in [5.74, 6) is 1.83. The first kappa shape index (κ1) is 18.6. The minimum Gasteiger partial charge on any atom is -0.497 e. The zero-order valence-corrected chi connectivity index (χ0v) is 17.5. The molecule has 1 aromatic carbocycles. The van der Waals surface area contributed by atoms with Gasteiger partial charge in [0.25, 0.3) is 0 Å². The third-order valence-electron chi connectivity index (χ3n) is 5.50. The van der Waals surface area contributed by atoms with Gasteiger partial charge in [0.15, 0.2) is 5.82 Å². The summed E-state index contributed by atoms with van der Waals surface area (Å²) in [6.07, 6.45) is 1.64. The first-order valence-electron chi connectivity index (χ1n) is 9.81. The molecule has 0 amide bonds. The summed E-state index contributed by atoms with van der Waals surface area (Å²) in [6.45, 7) is 7.32. The number of nitrogens with zero attached hydrogens (tertiary/aromatic N) is 4. The fraction of sp³-hybridized carbons (Fsp3) is 0.429. The molecule has 7 nitrogen and oxygen atoms in total. The van der Waals surface area contributed by atoms with Crippen LogP contribution in [0.3, 0.4) is 0 Å². The second-order valence-electron chi connectivity index (χ2n) is 8.11. The number of benzene rings is 1. The lowest BCUT2D eigenvalue weighted by atomic mass is 9.89. The quantitative estimate of drug-likeness (QED) is 0.645. The molecular formula is C21H25N5O2S. The number of hydrogen-bond donors (Lipinski definition) is 1. The zero-order valence-electron chi connectivity index (χ0n) is 16.7. The molecule has 0 saturated carbocycles. The first-order valence-corrected chi connectivity index (χ1v) is 10.6. The highest BCUT2D eigenvalue weighted by Gasteiger charge is 2.33. The topological polar surface area (TPSA) is 64.4 Å². The summed E-state index contributed by atoms with van der Waals surface area (Å²) < 4.78 is 12.6. The molecule has 0 radical (unpaired) electrons. The molecule has 2 aromatic heterocycles. The van der Waals surface area contributed by atoms with E-state index in [0.717, 1.165) is 44.4 Å². The number of rotatable bonds is 7. The number of methoxy groups -OCH3 is 1. The molecule has 2 aliphatic heterocycles. The molecule has 1 saturated heterocycles. The van der Waals surface area contributed by atoms with Gasteiger partial charge >= 0.3 is 0 Å². The van der Waals surface area contributed by atoms with Crippen molar-refractivity contribution in [1.29, 1.82) is 0 Å². The van der Waals surface area contributed by atoms with E-state index >= 15 is 0 Å². The molecule has 0 unspecified atom stereocenters. The Morgan fingerprint density at radius 2 is 2.10 bits per heavy atom. The molecule has 0 bridgehead atoms. The Balaban J connectivity index is 1.35. The second-order valence-corrected chi connectivity index (χ2v) is 9.22. The Morgan fingerprint density at radius 1 is 1.28 bits per heavy atom. The lowest BCUT2D eigenvalue weighted by molar-refractivity contribution is -0.0991. The van der Waals surface area contributed by atoms with Crippen LogP contribution in [0.2, 0.25) is 0 Å². The van der Waals surface area contributed by atoms with Crippen LogP contribution in [0.1, 0.15) is 17.4 Å². The zero-order chi connectivity index (χ0) is 19.8. The summed E-state index contributed by atoms with van der Waals surface area (Å²) >= 11 is 1.84.